The maximum absolute atomic E-state index is 13.4. The lowest BCUT2D eigenvalue weighted by atomic mass is 9.88. The minimum atomic E-state index is -3.62. The van der Waals surface area contributed by atoms with Gasteiger partial charge in [0.25, 0.3) is 0 Å². The molecule has 3 heterocycles. The van der Waals surface area contributed by atoms with E-state index in [0.29, 0.717) is 36.0 Å². The minimum Gasteiger partial charge on any atom is -0.454 e. The van der Waals surface area contributed by atoms with Crippen LogP contribution in [0.1, 0.15) is 37.9 Å². The van der Waals surface area contributed by atoms with Gasteiger partial charge in [0.1, 0.15) is 5.78 Å². The highest BCUT2D eigenvalue weighted by atomic mass is 32.2. The van der Waals surface area contributed by atoms with Gasteiger partial charge in [0.05, 0.1) is 28.2 Å². The van der Waals surface area contributed by atoms with Crippen LogP contribution in [0.4, 0.5) is 0 Å². The first-order valence-corrected chi connectivity index (χ1v) is 14.3. The highest BCUT2D eigenvalue weighted by Crippen LogP contribution is 2.51. The number of carbonyl (C=O) groups excluding carboxylic acids is 1. The molecule has 38 heavy (non-hydrogen) atoms. The van der Waals surface area contributed by atoms with Crippen LogP contribution >= 0.6 is 0 Å². The van der Waals surface area contributed by atoms with Crippen molar-refractivity contribution in [3.8, 4) is 22.8 Å². The molecule has 2 fully saturated rings. The van der Waals surface area contributed by atoms with Crippen molar-refractivity contribution in [3.63, 3.8) is 0 Å². The fourth-order valence-electron chi connectivity index (χ4n) is 5.39. The molecule has 2 aromatic carbocycles. The number of fused-ring (bicyclic) bond motifs is 1. The van der Waals surface area contributed by atoms with Gasteiger partial charge >= 0.3 is 0 Å². The monoisotopic (exact) mass is 534 g/mol. The number of pyridine rings is 1. The molecule has 0 N–H and O–H groups in total. The van der Waals surface area contributed by atoms with Crippen LogP contribution in [-0.2, 0) is 31.4 Å². The summed E-state index contributed by atoms with van der Waals surface area (Å²) in [5.41, 5.74) is 2.64. The summed E-state index contributed by atoms with van der Waals surface area (Å²) in [5, 5.41) is 0. The fourth-order valence-corrected chi connectivity index (χ4v) is 6.98. The van der Waals surface area contributed by atoms with Gasteiger partial charge in [-0.3, -0.25) is 9.78 Å². The third kappa shape index (κ3) is 4.59. The van der Waals surface area contributed by atoms with Crippen molar-refractivity contribution in [2.24, 2.45) is 0 Å². The van der Waals surface area contributed by atoms with E-state index >= 15 is 0 Å². The second-order valence-corrected chi connectivity index (χ2v) is 12.3. The number of ketones is 1. The Hall–Kier alpha value is -3.27. The number of sulfonamides is 1. The average Bonchev–Trinajstić information content (AvgIpc) is 3.59. The lowest BCUT2D eigenvalue weighted by molar-refractivity contribution is -0.120. The number of rotatable bonds is 7. The number of hydrogen-bond acceptors (Lipinski definition) is 7. The van der Waals surface area contributed by atoms with Crippen LogP contribution in [0.5, 0.6) is 11.5 Å². The molecule has 0 amide bonds. The van der Waals surface area contributed by atoms with E-state index in [-0.39, 0.29) is 36.1 Å². The van der Waals surface area contributed by atoms with E-state index in [9.17, 15) is 13.2 Å². The van der Waals surface area contributed by atoms with Gasteiger partial charge in [-0.15, -0.1) is 0 Å². The van der Waals surface area contributed by atoms with Gasteiger partial charge in [-0.25, -0.2) is 8.42 Å². The number of benzene rings is 2. The molecule has 3 aliphatic rings. The molecular weight excluding hydrogens is 504 g/mol. The van der Waals surface area contributed by atoms with Crippen molar-refractivity contribution in [1.29, 1.82) is 0 Å². The van der Waals surface area contributed by atoms with Crippen LogP contribution < -0.4 is 9.47 Å². The van der Waals surface area contributed by atoms with E-state index in [2.05, 4.69) is 0 Å². The Morgan fingerprint density at radius 3 is 2.39 bits per heavy atom. The SMILES string of the molecule is CC1CN(S(=O)(=O)c2ccc(-c3cccc(CC(=O)C4(c5ccc6c(c5)OCO6)CC4)n3)cc2)CC(C)O1. The molecule has 0 bridgehead atoms. The highest BCUT2D eigenvalue weighted by molar-refractivity contribution is 7.89. The molecule has 2 atom stereocenters. The standard InChI is InChI=1S/C29H30N2O6S/c1-19-16-31(17-20(2)37-19)38(33,34)24-9-6-21(7-10-24)25-5-3-4-23(30-25)15-28(32)29(12-13-29)22-8-11-26-27(14-22)36-18-35-26/h3-11,14,19-20H,12-13,15-18H2,1-2H3. The van der Waals surface area contributed by atoms with Crippen LogP contribution in [0.3, 0.4) is 0 Å². The van der Waals surface area contributed by atoms with Gasteiger partial charge in [-0.2, -0.15) is 4.31 Å². The van der Waals surface area contributed by atoms with E-state index in [1.165, 1.54) is 4.31 Å². The molecule has 0 spiro atoms. The van der Waals surface area contributed by atoms with E-state index in [1.54, 1.807) is 24.3 Å². The van der Waals surface area contributed by atoms with Crippen molar-refractivity contribution < 1.29 is 27.4 Å². The van der Waals surface area contributed by atoms with Gasteiger partial charge in [0.2, 0.25) is 16.8 Å². The Morgan fingerprint density at radius 2 is 1.68 bits per heavy atom. The maximum Gasteiger partial charge on any atom is 0.243 e. The number of Topliss-reactive ketones (excluding diaryl/α,β-unsaturated/α-hetero) is 1. The fraction of sp³-hybridized carbons (Fsp3) is 0.379. The highest BCUT2D eigenvalue weighted by Gasteiger charge is 2.51. The minimum absolute atomic E-state index is 0.136. The quantitative estimate of drug-likeness (QED) is 0.450. The first-order chi connectivity index (χ1) is 18.2. The van der Waals surface area contributed by atoms with Crippen LogP contribution in [-0.4, -0.2) is 55.6 Å². The molecule has 198 valence electrons. The number of aromatic nitrogens is 1. The maximum atomic E-state index is 13.4. The van der Waals surface area contributed by atoms with E-state index in [1.807, 2.05) is 50.2 Å². The molecule has 0 radical (unpaired) electrons. The molecular formula is C29H30N2O6S. The van der Waals surface area contributed by atoms with Crippen molar-refractivity contribution in [3.05, 3.63) is 71.9 Å². The predicted molar refractivity (Wildman–Crippen MR) is 141 cm³/mol. The Balaban J connectivity index is 1.18. The Bertz CT molecular complexity index is 1470. The smallest absolute Gasteiger partial charge is 0.243 e. The van der Waals surface area contributed by atoms with Gasteiger partial charge < -0.3 is 14.2 Å². The van der Waals surface area contributed by atoms with Crippen molar-refractivity contribution >= 4 is 15.8 Å². The molecule has 6 rings (SSSR count). The molecule has 1 aromatic heterocycles. The van der Waals surface area contributed by atoms with Crippen molar-refractivity contribution in [2.45, 2.75) is 55.6 Å². The zero-order valence-corrected chi connectivity index (χ0v) is 22.2. The van der Waals surface area contributed by atoms with Crippen LogP contribution in [0.15, 0.2) is 65.6 Å². The van der Waals surface area contributed by atoms with Crippen LogP contribution in [0.2, 0.25) is 0 Å². The largest absolute Gasteiger partial charge is 0.454 e. The Kier molecular flexibility index (Phi) is 6.25. The summed E-state index contributed by atoms with van der Waals surface area (Å²) in [4.78, 5) is 18.4. The topological polar surface area (TPSA) is 95.0 Å². The van der Waals surface area contributed by atoms with Crippen molar-refractivity contribution in [1.82, 2.24) is 9.29 Å². The van der Waals surface area contributed by atoms with Gasteiger partial charge in [0, 0.05) is 30.8 Å². The first-order valence-electron chi connectivity index (χ1n) is 12.9. The van der Waals surface area contributed by atoms with Gasteiger partial charge in [-0.1, -0.05) is 24.3 Å². The third-order valence-corrected chi connectivity index (χ3v) is 9.38. The molecule has 1 aliphatic carbocycles. The normalized spacial score (nSPS) is 22.3. The zero-order valence-electron chi connectivity index (χ0n) is 21.4. The number of nitrogens with zero attached hydrogens (tertiary/aromatic N) is 2. The molecule has 8 nitrogen and oxygen atoms in total. The predicted octanol–water partition coefficient (Wildman–Crippen LogP) is 4.12. The summed E-state index contributed by atoms with van der Waals surface area (Å²) in [7, 11) is -3.62. The lowest BCUT2D eigenvalue weighted by Crippen LogP contribution is -2.48. The lowest BCUT2D eigenvalue weighted by Gasteiger charge is -2.34. The molecule has 2 unspecified atom stereocenters. The Labute approximate surface area is 222 Å². The van der Waals surface area contributed by atoms with E-state index < -0.39 is 15.4 Å². The summed E-state index contributed by atoms with van der Waals surface area (Å²) in [6.07, 6.45) is 1.54. The average molecular weight is 535 g/mol. The number of ether oxygens (including phenoxy) is 3. The van der Waals surface area contributed by atoms with E-state index in [4.69, 9.17) is 19.2 Å². The summed E-state index contributed by atoms with van der Waals surface area (Å²) in [6, 6.07) is 18.1. The van der Waals surface area contributed by atoms with Crippen LogP contribution in [0.25, 0.3) is 11.3 Å². The number of morpholine rings is 1. The molecule has 1 saturated carbocycles. The van der Waals surface area contributed by atoms with Gasteiger partial charge in [-0.05, 0) is 68.7 Å². The summed E-state index contributed by atoms with van der Waals surface area (Å²) >= 11 is 0. The summed E-state index contributed by atoms with van der Waals surface area (Å²) in [5.74, 6) is 1.53. The summed E-state index contributed by atoms with van der Waals surface area (Å²) in [6.45, 7) is 4.63. The third-order valence-electron chi connectivity index (χ3n) is 7.53. The number of carbonyl (C=O) groups is 1. The second kappa shape index (κ2) is 9.48. The first kappa shape index (κ1) is 25.0. The summed E-state index contributed by atoms with van der Waals surface area (Å²) < 4.78 is 44.4. The van der Waals surface area contributed by atoms with E-state index in [0.717, 1.165) is 24.0 Å². The molecule has 2 aliphatic heterocycles. The molecule has 1 saturated heterocycles. The van der Waals surface area contributed by atoms with Crippen LogP contribution in [0, 0.1) is 0 Å². The second-order valence-electron chi connectivity index (χ2n) is 10.4. The molecule has 3 aromatic rings. The zero-order chi connectivity index (χ0) is 26.5. The number of hydrogen-bond donors (Lipinski definition) is 0. The molecule has 9 heteroatoms. The Morgan fingerprint density at radius 1 is 0.974 bits per heavy atom. The van der Waals surface area contributed by atoms with Gasteiger partial charge in [0.15, 0.2) is 11.5 Å². The van der Waals surface area contributed by atoms with Crippen molar-refractivity contribution in [2.75, 3.05) is 19.9 Å².